The Morgan fingerprint density at radius 2 is 2.24 bits per heavy atom. The number of methoxy groups -OCH3 is 1. The molecule has 1 fully saturated rings. The van der Waals surface area contributed by atoms with Crippen LogP contribution in [0.15, 0.2) is 18.2 Å². The van der Waals surface area contributed by atoms with E-state index >= 15 is 0 Å². The number of fused-ring (bicyclic) bond motifs is 1. The van der Waals surface area contributed by atoms with Crippen molar-refractivity contribution < 1.29 is 19.3 Å². The van der Waals surface area contributed by atoms with Gasteiger partial charge in [0.05, 0.1) is 25.9 Å². The molecule has 2 aliphatic rings. The van der Waals surface area contributed by atoms with Crippen molar-refractivity contribution in [2.24, 2.45) is 0 Å². The van der Waals surface area contributed by atoms with E-state index in [1.807, 2.05) is 18.2 Å². The summed E-state index contributed by atoms with van der Waals surface area (Å²) in [6.45, 7) is 2.87. The van der Waals surface area contributed by atoms with Gasteiger partial charge in [0.2, 0.25) is 0 Å². The van der Waals surface area contributed by atoms with Crippen molar-refractivity contribution in [3.63, 3.8) is 0 Å². The van der Waals surface area contributed by atoms with Gasteiger partial charge in [-0.1, -0.05) is 13.3 Å². The molecule has 0 radical (unpaired) electrons. The third-order valence-electron chi connectivity index (χ3n) is 4.59. The first-order valence-electron chi connectivity index (χ1n) is 7.82. The van der Waals surface area contributed by atoms with E-state index in [1.54, 1.807) is 7.11 Å². The number of hydrogen-bond acceptors (Lipinski definition) is 4. The molecule has 116 valence electrons. The van der Waals surface area contributed by atoms with Gasteiger partial charge in [0.1, 0.15) is 17.1 Å². The van der Waals surface area contributed by atoms with Gasteiger partial charge >= 0.3 is 0 Å². The summed E-state index contributed by atoms with van der Waals surface area (Å²) in [4.78, 5) is 0. The fourth-order valence-electron chi connectivity index (χ4n) is 3.52. The van der Waals surface area contributed by atoms with Gasteiger partial charge in [-0.25, -0.2) is 0 Å². The fourth-order valence-corrected chi connectivity index (χ4v) is 3.52. The van der Waals surface area contributed by atoms with Gasteiger partial charge < -0.3 is 19.3 Å². The molecule has 21 heavy (non-hydrogen) atoms. The van der Waals surface area contributed by atoms with Crippen molar-refractivity contribution in [2.75, 3.05) is 13.7 Å². The van der Waals surface area contributed by atoms with Crippen LogP contribution in [0.4, 0.5) is 0 Å². The molecule has 0 saturated carbocycles. The number of benzene rings is 1. The average Bonchev–Trinajstić information content (AvgIpc) is 2.47. The van der Waals surface area contributed by atoms with Crippen LogP contribution >= 0.6 is 0 Å². The quantitative estimate of drug-likeness (QED) is 0.929. The Hall–Kier alpha value is -1.26. The summed E-state index contributed by atoms with van der Waals surface area (Å²) in [6.07, 6.45) is 4.26. The third-order valence-corrected chi connectivity index (χ3v) is 4.59. The summed E-state index contributed by atoms with van der Waals surface area (Å²) in [5, 5.41) is 10.5. The average molecular weight is 292 g/mol. The molecular formula is C17H24O4. The lowest BCUT2D eigenvalue weighted by molar-refractivity contribution is -0.118. The van der Waals surface area contributed by atoms with E-state index in [0.717, 1.165) is 42.7 Å². The van der Waals surface area contributed by atoms with Crippen molar-refractivity contribution in [1.82, 2.24) is 0 Å². The highest BCUT2D eigenvalue weighted by Crippen LogP contribution is 2.46. The number of ether oxygens (including phenoxy) is 3. The van der Waals surface area contributed by atoms with Gasteiger partial charge in [0.25, 0.3) is 0 Å². The molecule has 2 heterocycles. The Bertz CT molecular complexity index is 500. The van der Waals surface area contributed by atoms with E-state index in [4.69, 9.17) is 14.2 Å². The molecule has 1 N–H and O–H groups in total. The normalized spacial score (nSPS) is 31.6. The van der Waals surface area contributed by atoms with E-state index in [0.29, 0.717) is 13.0 Å². The molecule has 3 rings (SSSR count). The van der Waals surface area contributed by atoms with Crippen LogP contribution in [0, 0.1) is 0 Å². The Morgan fingerprint density at radius 3 is 3.00 bits per heavy atom. The first-order valence-corrected chi connectivity index (χ1v) is 7.82. The second-order valence-corrected chi connectivity index (χ2v) is 6.14. The topological polar surface area (TPSA) is 47.9 Å². The Balaban J connectivity index is 1.85. The number of rotatable bonds is 3. The molecule has 3 unspecified atom stereocenters. The SMILES string of the molecule is CCCC1CC2(CCO1)CC(O)c1ccc(OC)cc1O2. The highest BCUT2D eigenvalue weighted by atomic mass is 16.5. The van der Waals surface area contributed by atoms with Crippen molar-refractivity contribution in [3.05, 3.63) is 23.8 Å². The van der Waals surface area contributed by atoms with Crippen LogP contribution in [0.5, 0.6) is 11.5 Å². The summed E-state index contributed by atoms with van der Waals surface area (Å²) in [7, 11) is 1.64. The molecular weight excluding hydrogens is 268 g/mol. The van der Waals surface area contributed by atoms with Gasteiger partial charge in [-0.2, -0.15) is 0 Å². The van der Waals surface area contributed by atoms with E-state index in [9.17, 15) is 5.11 Å². The lowest BCUT2D eigenvalue weighted by atomic mass is 9.80. The van der Waals surface area contributed by atoms with Gasteiger partial charge in [-0.3, -0.25) is 0 Å². The maximum absolute atomic E-state index is 10.5. The van der Waals surface area contributed by atoms with Crippen molar-refractivity contribution in [1.29, 1.82) is 0 Å². The maximum atomic E-state index is 10.5. The van der Waals surface area contributed by atoms with Gasteiger partial charge in [0, 0.05) is 30.9 Å². The molecule has 0 aliphatic carbocycles. The molecule has 0 amide bonds. The molecule has 4 nitrogen and oxygen atoms in total. The minimum atomic E-state index is -0.472. The number of aliphatic hydroxyl groups excluding tert-OH is 1. The van der Waals surface area contributed by atoms with Crippen molar-refractivity contribution >= 4 is 0 Å². The molecule has 3 atom stereocenters. The molecule has 0 aromatic heterocycles. The smallest absolute Gasteiger partial charge is 0.129 e. The van der Waals surface area contributed by atoms with Crippen molar-refractivity contribution in [3.8, 4) is 11.5 Å². The lowest BCUT2D eigenvalue weighted by Gasteiger charge is -2.45. The minimum absolute atomic E-state index is 0.239. The summed E-state index contributed by atoms with van der Waals surface area (Å²) in [5.41, 5.74) is 0.566. The molecule has 1 aromatic rings. The number of aliphatic hydroxyl groups is 1. The predicted octanol–water partition coefficient (Wildman–Crippen LogP) is 3.23. The monoisotopic (exact) mass is 292 g/mol. The Labute approximate surface area is 126 Å². The van der Waals surface area contributed by atoms with Crippen LogP contribution in [-0.2, 0) is 4.74 Å². The zero-order chi connectivity index (χ0) is 14.9. The van der Waals surface area contributed by atoms with Crippen LogP contribution in [0.3, 0.4) is 0 Å². The Kier molecular flexibility index (Phi) is 4.09. The van der Waals surface area contributed by atoms with Crippen molar-refractivity contribution in [2.45, 2.75) is 56.8 Å². The third kappa shape index (κ3) is 2.87. The molecule has 1 spiro atoms. The maximum Gasteiger partial charge on any atom is 0.129 e. The summed E-state index contributed by atoms with van der Waals surface area (Å²) < 4.78 is 17.4. The predicted molar refractivity (Wildman–Crippen MR) is 79.8 cm³/mol. The second kappa shape index (κ2) is 5.85. The second-order valence-electron chi connectivity index (χ2n) is 6.14. The zero-order valence-electron chi connectivity index (χ0n) is 12.8. The van der Waals surface area contributed by atoms with E-state index in [-0.39, 0.29) is 11.7 Å². The first kappa shape index (κ1) is 14.7. The Morgan fingerprint density at radius 1 is 1.38 bits per heavy atom. The molecule has 2 aliphatic heterocycles. The van der Waals surface area contributed by atoms with Crippen LogP contribution < -0.4 is 9.47 Å². The van der Waals surface area contributed by atoms with Gasteiger partial charge in [0.15, 0.2) is 0 Å². The summed E-state index contributed by atoms with van der Waals surface area (Å²) >= 11 is 0. The van der Waals surface area contributed by atoms with E-state index in [1.165, 1.54) is 0 Å². The van der Waals surface area contributed by atoms with Gasteiger partial charge in [-0.15, -0.1) is 0 Å². The van der Waals surface area contributed by atoms with Crippen LogP contribution in [0.25, 0.3) is 0 Å². The summed E-state index contributed by atoms with van der Waals surface area (Å²) in [6, 6.07) is 5.64. The standard InChI is InChI=1S/C17H24O4/c1-3-4-13-10-17(7-8-20-13)11-15(18)14-6-5-12(19-2)9-16(14)21-17/h5-6,9,13,15,18H,3-4,7-8,10-11H2,1-2H3. The molecule has 1 saturated heterocycles. The summed E-state index contributed by atoms with van der Waals surface area (Å²) in [5.74, 6) is 1.51. The lowest BCUT2D eigenvalue weighted by Crippen LogP contribution is -2.48. The first-order chi connectivity index (χ1) is 10.2. The molecule has 0 bridgehead atoms. The van der Waals surface area contributed by atoms with Crippen LogP contribution in [0.1, 0.15) is 50.7 Å². The molecule has 1 aromatic carbocycles. The van der Waals surface area contributed by atoms with Crippen LogP contribution in [0.2, 0.25) is 0 Å². The van der Waals surface area contributed by atoms with Crippen LogP contribution in [-0.4, -0.2) is 30.5 Å². The largest absolute Gasteiger partial charge is 0.497 e. The van der Waals surface area contributed by atoms with E-state index in [2.05, 4.69) is 6.92 Å². The van der Waals surface area contributed by atoms with E-state index < -0.39 is 6.10 Å². The number of hydrogen-bond donors (Lipinski definition) is 1. The molecule has 4 heteroatoms. The highest BCUT2D eigenvalue weighted by Gasteiger charge is 2.44. The zero-order valence-corrected chi connectivity index (χ0v) is 12.8. The van der Waals surface area contributed by atoms with Gasteiger partial charge in [-0.05, 0) is 18.6 Å². The fraction of sp³-hybridized carbons (Fsp3) is 0.647. The minimum Gasteiger partial charge on any atom is -0.497 e. The highest BCUT2D eigenvalue weighted by molar-refractivity contribution is 5.44.